The van der Waals surface area contributed by atoms with Crippen molar-refractivity contribution in [3.8, 4) is 0 Å². The minimum atomic E-state index is -0.561. The van der Waals surface area contributed by atoms with Crippen molar-refractivity contribution in [2.45, 2.75) is 25.9 Å². The molecule has 0 spiro atoms. The van der Waals surface area contributed by atoms with Crippen LogP contribution in [0.3, 0.4) is 0 Å². The third-order valence-electron chi connectivity index (χ3n) is 3.95. The van der Waals surface area contributed by atoms with Crippen LogP contribution in [0.4, 0.5) is 11.5 Å². The Hall–Kier alpha value is -2.40. The number of carbonyl (C=O) groups is 1. The Morgan fingerprint density at radius 2 is 2.22 bits per heavy atom. The highest BCUT2D eigenvalue weighted by Gasteiger charge is 2.19. The van der Waals surface area contributed by atoms with E-state index in [1.54, 1.807) is 25.3 Å². The number of fused-ring (bicyclic) bond motifs is 1. The van der Waals surface area contributed by atoms with Gasteiger partial charge in [0.25, 0.3) is 5.91 Å². The van der Waals surface area contributed by atoms with Crippen molar-refractivity contribution in [2.24, 2.45) is 0 Å². The molecule has 2 N–H and O–H groups in total. The van der Waals surface area contributed by atoms with Gasteiger partial charge in [0.15, 0.2) is 0 Å². The van der Waals surface area contributed by atoms with Gasteiger partial charge in [-0.2, -0.15) is 0 Å². The Bertz CT molecular complexity index is 700. The van der Waals surface area contributed by atoms with E-state index in [1.807, 2.05) is 6.07 Å². The number of para-hydroxylation sites is 1. The number of hydrogen-bond donors (Lipinski definition) is 2. The summed E-state index contributed by atoms with van der Waals surface area (Å²) < 4.78 is 0. The number of benzene rings is 1. The highest BCUT2D eigenvalue weighted by Crippen LogP contribution is 2.32. The molecule has 1 aromatic carbocycles. The number of rotatable bonds is 4. The number of carbonyl (C=O) groups excluding carboxylic acids is 1. The average Bonchev–Trinajstić information content (AvgIpc) is 2.59. The fourth-order valence-corrected chi connectivity index (χ4v) is 2.82. The summed E-state index contributed by atoms with van der Waals surface area (Å²) in [7, 11) is 0. The number of aliphatic hydroxyl groups excluding tert-OH is 1. The van der Waals surface area contributed by atoms with Crippen LogP contribution < -0.4 is 10.2 Å². The van der Waals surface area contributed by atoms with Gasteiger partial charge >= 0.3 is 0 Å². The lowest BCUT2D eigenvalue weighted by atomic mass is 10.0. The summed E-state index contributed by atoms with van der Waals surface area (Å²) in [5, 5.41) is 12.0. The smallest absolute Gasteiger partial charge is 0.251 e. The molecular formula is C18H21N3O2. The number of hydrogen-bond acceptors (Lipinski definition) is 4. The van der Waals surface area contributed by atoms with Gasteiger partial charge in [-0.05, 0) is 43.5 Å². The van der Waals surface area contributed by atoms with E-state index in [0.717, 1.165) is 30.9 Å². The Morgan fingerprint density at radius 1 is 1.39 bits per heavy atom. The summed E-state index contributed by atoms with van der Waals surface area (Å²) in [5.41, 5.74) is 3.02. The molecular weight excluding hydrogens is 290 g/mol. The second-order valence-corrected chi connectivity index (χ2v) is 5.85. The second kappa shape index (κ2) is 6.79. The molecule has 0 fully saturated rings. The zero-order chi connectivity index (χ0) is 16.2. The number of nitrogens with zero attached hydrogens (tertiary/aromatic N) is 2. The maximum Gasteiger partial charge on any atom is 0.251 e. The Labute approximate surface area is 136 Å². The number of anilines is 2. The Morgan fingerprint density at radius 3 is 3.04 bits per heavy atom. The molecule has 1 aliphatic heterocycles. The first-order valence-electron chi connectivity index (χ1n) is 7.93. The number of nitrogens with one attached hydrogen (secondary N) is 1. The lowest BCUT2D eigenvalue weighted by Gasteiger charge is -2.30. The first kappa shape index (κ1) is 15.5. The average molecular weight is 311 g/mol. The van der Waals surface area contributed by atoms with Crippen molar-refractivity contribution < 1.29 is 9.90 Å². The molecule has 3 rings (SSSR count). The highest BCUT2D eigenvalue weighted by atomic mass is 16.3. The molecule has 1 atom stereocenters. The van der Waals surface area contributed by atoms with Crippen molar-refractivity contribution in [2.75, 3.05) is 18.0 Å². The first-order chi connectivity index (χ1) is 11.1. The standard InChI is InChI=1S/C18H21N3O2/c1-13(22)12-20-18(23)15-8-9-19-17(11-15)21-10-4-6-14-5-2-3-7-16(14)21/h2-3,5,7-9,11,13,22H,4,6,10,12H2,1H3,(H,20,23). The van der Waals surface area contributed by atoms with Gasteiger partial charge in [-0.15, -0.1) is 0 Å². The third kappa shape index (κ3) is 3.51. The predicted molar refractivity (Wildman–Crippen MR) is 90.0 cm³/mol. The number of aromatic nitrogens is 1. The first-order valence-corrected chi connectivity index (χ1v) is 7.93. The fraction of sp³-hybridized carbons (Fsp3) is 0.333. The van der Waals surface area contributed by atoms with Gasteiger partial charge in [0.2, 0.25) is 0 Å². The van der Waals surface area contributed by atoms with E-state index in [4.69, 9.17) is 0 Å². The maximum atomic E-state index is 12.2. The third-order valence-corrected chi connectivity index (χ3v) is 3.95. The number of aryl methyl sites for hydroxylation is 1. The quantitative estimate of drug-likeness (QED) is 0.909. The molecule has 0 radical (unpaired) electrons. The molecule has 1 aromatic heterocycles. The van der Waals surface area contributed by atoms with Gasteiger partial charge in [-0.25, -0.2) is 4.98 Å². The second-order valence-electron chi connectivity index (χ2n) is 5.85. The van der Waals surface area contributed by atoms with Crippen LogP contribution in [0, 0.1) is 0 Å². The van der Waals surface area contributed by atoms with E-state index in [9.17, 15) is 9.90 Å². The van der Waals surface area contributed by atoms with Crippen LogP contribution in [-0.4, -0.2) is 35.2 Å². The lowest BCUT2D eigenvalue weighted by Crippen LogP contribution is -2.31. The highest BCUT2D eigenvalue weighted by molar-refractivity contribution is 5.95. The van der Waals surface area contributed by atoms with E-state index >= 15 is 0 Å². The largest absolute Gasteiger partial charge is 0.392 e. The normalized spacial score (nSPS) is 15.0. The van der Waals surface area contributed by atoms with Crippen molar-refractivity contribution in [3.63, 3.8) is 0 Å². The van der Waals surface area contributed by atoms with Gasteiger partial charge in [0, 0.05) is 30.5 Å². The fourth-order valence-electron chi connectivity index (χ4n) is 2.82. The van der Waals surface area contributed by atoms with Gasteiger partial charge < -0.3 is 15.3 Å². The topological polar surface area (TPSA) is 65.5 Å². The van der Waals surface area contributed by atoms with Crippen LogP contribution in [-0.2, 0) is 6.42 Å². The van der Waals surface area contributed by atoms with E-state index in [2.05, 4.69) is 33.4 Å². The molecule has 120 valence electrons. The summed E-state index contributed by atoms with van der Waals surface area (Å²) in [5.74, 6) is 0.585. The lowest BCUT2D eigenvalue weighted by molar-refractivity contribution is 0.0924. The monoisotopic (exact) mass is 311 g/mol. The van der Waals surface area contributed by atoms with E-state index in [1.165, 1.54) is 5.56 Å². The van der Waals surface area contributed by atoms with Crippen molar-refractivity contribution in [1.82, 2.24) is 10.3 Å². The zero-order valence-electron chi connectivity index (χ0n) is 13.2. The van der Waals surface area contributed by atoms with Crippen LogP contribution in [0.15, 0.2) is 42.6 Å². The van der Waals surface area contributed by atoms with E-state index in [0.29, 0.717) is 5.56 Å². The molecule has 23 heavy (non-hydrogen) atoms. The van der Waals surface area contributed by atoms with Gasteiger partial charge in [-0.3, -0.25) is 4.79 Å². The molecule has 2 heterocycles. The van der Waals surface area contributed by atoms with Crippen LogP contribution in [0.25, 0.3) is 0 Å². The molecule has 0 aliphatic carbocycles. The molecule has 5 heteroatoms. The Kier molecular flexibility index (Phi) is 4.57. The van der Waals surface area contributed by atoms with Crippen molar-refractivity contribution in [1.29, 1.82) is 0 Å². The maximum absolute atomic E-state index is 12.2. The van der Waals surface area contributed by atoms with E-state index in [-0.39, 0.29) is 12.5 Å². The predicted octanol–water partition coefficient (Wildman–Crippen LogP) is 2.28. The molecule has 0 saturated heterocycles. The summed E-state index contributed by atoms with van der Waals surface area (Å²) in [6, 6.07) is 11.8. The van der Waals surface area contributed by atoms with E-state index < -0.39 is 6.10 Å². The minimum Gasteiger partial charge on any atom is -0.392 e. The molecule has 0 bridgehead atoms. The summed E-state index contributed by atoms with van der Waals surface area (Å²) in [6.07, 6.45) is 3.23. The van der Waals surface area contributed by atoms with Gasteiger partial charge in [-0.1, -0.05) is 18.2 Å². The Balaban J connectivity index is 1.85. The van der Waals surface area contributed by atoms with Crippen LogP contribution in [0.5, 0.6) is 0 Å². The number of aliphatic hydroxyl groups is 1. The SMILES string of the molecule is CC(O)CNC(=O)c1ccnc(N2CCCc3ccccc32)c1. The van der Waals surface area contributed by atoms with Gasteiger partial charge in [0.05, 0.1) is 6.10 Å². The van der Waals surface area contributed by atoms with Gasteiger partial charge in [0.1, 0.15) is 5.82 Å². The molecule has 1 amide bonds. The van der Waals surface area contributed by atoms with Crippen molar-refractivity contribution in [3.05, 3.63) is 53.7 Å². The zero-order valence-corrected chi connectivity index (χ0v) is 13.2. The minimum absolute atomic E-state index is 0.195. The summed E-state index contributed by atoms with van der Waals surface area (Å²) in [6.45, 7) is 2.77. The van der Waals surface area contributed by atoms with Crippen LogP contribution in [0.2, 0.25) is 0 Å². The molecule has 5 nitrogen and oxygen atoms in total. The summed E-state index contributed by atoms with van der Waals surface area (Å²) >= 11 is 0. The molecule has 0 saturated carbocycles. The van der Waals surface area contributed by atoms with Crippen LogP contribution in [0.1, 0.15) is 29.3 Å². The number of amides is 1. The van der Waals surface area contributed by atoms with Crippen molar-refractivity contribution >= 4 is 17.4 Å². The molecule has 1 unspecified atom stereocenters. The number of pyridine rings is 1. The molecule has 2 aromatic rings. The summed E-state index contributed by atoms with van der Waals surface area (Å²) in [4.78, 5) is 18.8. The molecule has 1 aliphatic rings. The van der Waals surface area contributed by atoms with Crippen LogP contribution >= 0.6 is 0 Å².